The SMILES string of the molecule is C[C@@H]1CCCC(C(=N)n2c(=N)cnc3ccc(Br)cc32)C[C@H](C)N1C. The number of rotatable bonds is 1. The fourth-order valence-electron chi connectivity index (χ4n) is 3.79. The minimum atomic E-state index is 0.156. The zero-order valence-electron chi connectivity index (χ0n) is 15.1. The van der Waals surface area contributed by atoms with E-state index in [1.165, 1.54) is 0 Å². The van der Waals surface area contributed by atoms with Gasteiger partial charge in [-0.1, -0.05) is 22.4 Å². The molecule has 1 aliphatic rings. The van der Waals surface area contributed by atoms with Crippen LogP contribution in [0.5, 0.6) is 0 Å². The lowest BCUT2D eigenvalue weighted by molar-refractivity contribution is 0.150. The van der Waals surface area contributed by atoms with Crippen LogP contribution in [0.3, 0.4) is 0 Å². The zero-order chi connectivity index (χ0) is 18.1. The van der Waals surface area contributed by atoms with E-state index in [1.54, 1.807) is 10.8 Å². The Morgan fingerprint density at radius 2 is 2.00 bits per heavy atom. The molecule has 1 saturated heterocycles. The predicted molar refractivity (Wildman–Crippen MR) is 105 cm³/mol. The second-order valence-electron chi connectivity index (χ2n) is 7.22. The van der Waals surface area contributed by atoms with Gasteiger partial charge < -0.3 is 4.90 Å². The van der Waals surface area contributed by atoms with Gasteiger partial charge in [0, 0.05) is 22.5 Å². The van der Waals surface area contributed by atoms with E-state index in [1.807, 2.05) is 18.2 Å². The lowest BCUT2D eigenvalue weighted by Crippen LogP contribution is -2.42. The lowest BCUT2D eigenvalue weighted by atomic mass is 9.89. The van der Waals surface area contributed by atoms with E-state index in [-0.39, 0.29) is 11.4 Å². The molecular weight excluding hydrogens is 378 g/mol. The van der Waals surface area contributed by atoms with Gasteiger partial charge in [0.15, 0.2) is 0 Å². The Labute approximate surface area is 157 Å². The summed E-state index contributed by atoms with van der Waals surface area (Å²) in [7, 11) is 2.18. The van der Waals surface area contributed by atoms with E-state index in [2.05, 4.69) is 46.7 Å². The minimum absolute atomic E-state index is 0.156. The van der Waals surface area contributed by atoms with Crippen molar-refractivity contribution in [3.05, 3.63) is 34.4 Å². The summed E-state index contributed by atoms with van der Waals surface area (Å²) >= 11 is 3.50. The molecule has 0 aliphatic carbocycles. The number of likely N-dealkylation sites (tertiary alicyclic amines) is 1. The van der Waals surface area contributed by atoms with Crippen LogP contribution >= 0.6 is 15.9 Å². The molecule has 1 fully saturated rings. The topological polar surface area (TPSA) is 68.8 Å². The first-order valence-electron chi connectivity index (χ1n) is 8.91. The fraction of sp³-hybridized carbons (Fsp3) is 0.526. The van der Waals surface area contributed by atoms with Crippen LogP contribution in [-0.4, -0.2) is 39.4 Å². The highest BCUT2D eigenvalue weighted by atomic mass is 79.9. The van der Waals surface area contributed by atoms with Gasteiger partial charge in [0.25, 0.3) is 0 Å². The number of benzene rings is 1. The Morgan fingerprint density at radius 3 is 2.76 bits per heavy atom. The lowest BCUT2D eigenvalue weighted by Gasteiger charge is -2.36. The maximum absolute atomic E-state index is 8.87. The van der Waals surface area contributed by atoms with E-state index in [4.69, 9.17) is 10.8 Å². The molecule has 0 saturated carbocycles. The van der Waals surface area contributed by atoms with E-state index in [0.717, 1.165) is 41.2 Å². The molecule has 3 atom stereocenters. The summed E-state index contributed by atoms with van der Waals surface area (Å²) in [6.45, 7) is 4.53. The zero-order valence-corrected chi connectivity index (χ0v) is 16.7. The van der Waals surface area contributed by atoms with Gasteiger partial charge in [-0.3, -0.25) is 20.4 Å². The highest BCUT2D eigenvalue weighted by Crippen LogP contribution is 2.26. The average Bonchev–Trinajstić information content (AvgIpc) is 2.58. The second-order valence-corrected chi connectivity index (χ2v) is 8.14. The number of nitrogens with zero attached hydrogens (tertiary/aromatic N) is 3. The summed E-state index contributed by atoms with van der Waals surface area (Å²) in [4.78, 5) is 6.77. The molecule has 0 bridgehead atoms. The standard InChI is InChI=1S/C19H26BrN5/c1-12-5-4-6-14(9-13(2)24(12)3)19(22)25-17-10-15(20)7-8-16(17)23-11-18(25)21/h7-8,10-14,21-22H,4-6,9H2,1-3H3/t12-,13+,14?/m1/s1. The van der Waals surface area contributed by atoms with Gasteiger partial charge in [0.05, 0.1) is 17.2 Å². The van der Waals surface area contributed by atoms with Gasteiger partial charge in [-0.25, -0.2) is 0 Å². The van der Waals surface area contributed by atoms with Crippen molar-refractivity contribution < 1.29 is 0 Å². The van der Waals surface area contributed by atoms with Crippen LogP contribution in [0.25, 0.3) is 11.0 Å². The van der Waals surface area contributed by atoms with Gasteiger partial charge in [-0.2, -0.15) is 0 Å². The molecule has 134 valence electrons. The highest BCUT2D eigenvalue weighted by molar-refractivity contribution is 9.10. The summed E-state index contributed by atoms with van der Waals surface area (Å²) in [5.41, 5.74) is 1.91. The molecule has 25 heavy (non-hydrogen) atoms. The largest absolute Gasteiger partial charge is 0.301 e. The van der Waals surface area contributed by atoms with Crippen molar-refractivity contribution in [2.75, 3.05) is 7.05 Å². The molecule has 1 aliphatic heterocycles. The summed E-state index contributed by atoms with van der Waals surface area (Å²) < 4.78 is 2.70. The maximum atomic E-state index is 8.87. The van der Waals surface area contributed by atoms with Crippen molar-refractivity contribution in [2.24, 2.45) is 5.92 Å². The Morgan fingerprint density at radius 1 is 1.24 bits per heavy atom. The van der Waals surface area contributed by atoms with Crippen LogP contribution in [0.1, 0.15) is 39.5 Å². The van der Waals surface area contributed by atoms with Crippen molar-refractivity contribution >= 4 is 32.8 Å². The molecular formula is C19H26BrN5. The van der Waals surface area contributed by atoms with Gasteiger partial charge in [-0.15, -0.1) is 0 Å². The molecule has 0 spiro atoms. The Hall–Kier alpha value is -1.53. The number of hydrogen-bond donors (Lipinski definition) is 2. The third-order valence-electron chi connectivity index (χ3n) is 5.56. The molecule has 1 aromatic carbocycles. The van der Waals surface area contributed by atoms with Crippen molar-refractivity contribution in [1.82, 2.24) is 14.5 Å². The molecule has 2 aromatic rings. The van der Waals surface area contributed by atoms with Crippen molar-refractivity contribution in [3.63, 3.8) is 0 Å². The van der Waals surface area contributed by atoms with Crippen LogP contribution in [-0.2, 0) is 0 Å². The molecule has 5 nitrogen and oxygen atoms in total. The normalized spacial score (nSPS) is 25.5. The first-order valence-corrected chi connectivity index (χ1v) is 9.70. The maximum Gasteiger partial charge on any atom is 0.149 e. The van der Waals surface area contributed by atoms with Gasteiger partial charge in [-0.05, 0) is 58.4 Å². The summed E-state index contributed by atoms with van der Waals surface area (Å²) in [6, 6.07) is 6.84. The summed E-state index contributed by atoms with van der Waals surface area (Å²) in [5, 5.41) is 17.2. The number of nitrogens with one attached hydrogen (secondary N) is 2. The molecule has 1 unspecified atom stereocenters. The smallest absolute Gasteiger partial charge is 0.149 e. The Balaban J connectivity index is 2.00. The summed E-state index contributed by atoms with van der Waals surface area (Å²) in [5.74, 6) is 0.675. The van der Waals surface area contributed by atoms with E-state index in [0.29, 0.717) is 17.9 Å². The third-order valence-corrected chi connectivity index (χ3v) is 6.06. The van der Waals surface area contributed by atoms with Crippen molar-refractivity contribution in [3.8, 4) is 0 Å². The average molecular weight is 404 g/mol. The van der Waals surface area contributed by atoms with Gasteiger partial charge in [0.1, 0.15) is 11.3 Å². The van der Waals surface area contributed by atoms with Crippen LogP contribution in [0.15, 0.2) is 28.9 Å². The quantitative estimate of drug-likeness (QED) is 0.557. The third kappa shape index (κ3) is 3.70. The summed E-state index contributed by atoms with van der Waals surface area (Å²) in [6.07, 6.45) is 5.78. The predicted octanol–water partition coefficient (Wildman–Crippen LogP) is 4.00. The fourth-order valence-corrected chi connectivity index (χ4v) is 4.14. The number of halogens is 1. The monoisotopic (exact) mass is 403 g/mol. The molecule has 2 N–H and O–H groups in total. The molecule has 1 aromatic heterocycles. The molecule has 0 radical (unpaired) electrons. The van der Waals surface area contributed by atoms with Crippen LogP contribution in [0, 0.1) is 16.7 Å². The van der Waals surface area contributed by atoms with Crippen LogP contribution in [0.2, 0.25) is 0 Å². The van der Waals surface area contributed by atoms with Crippen LogP contribution < -0.4 is 5.49 Å². The van der Waals surface area contributed by atoms with E-state index in [9.17, 15) is 0 Å². The minimum Gasteiger partial charge on any atom is -0.301 e. The van der Waals surface area contributed by atoms with E-state index < -0.39 is 0 Å². The van der Waals surface area contributed by atoms with Crippen molar-refractivity contribution in [1.29, 1.82) is 10.8 Å². The van der Waals surface area contributed by atoms with Gasteiger partial charge in [0.2, 0.25) is 0 Å². The molecule has 0 amide bonds. The number of aromatic nitrogens is 2. The first kappa shape index (κ1) is 18.3. The Bertz CT molecular complexity index is 843. The highest BCUT2D eigenvalue weighted by Gasteiger charge is 2.27. The molecule has 2 heterocycles. The number of fused-ring (bicyclic) bond motifs is 1. The van der Waals surface area contributed by atoms with Crippen LogP contribution in [0.4, 0.5) is 0 Å². The molecule has 6 heteroatoms. The number of hydrogen-bond acceptors (Lipinski definition) is 4. The first-order chi connectivity index (χ1) is 11.9. The molecule has 3 rings (SSSR count). The Kier molecular flexibility index (Phi) is 5.39. The van der Waals surface area contributed by atoms with Gasteiger partial charge >= 0.3 is 0 Å². The van der Waals surface area contributed by atoms with Crippen molar-refractivity contribution in [2.45, 2.75) is 51.6 Å². The second kappa shape index (κ2) is 7.38. The van der Waals surface area contributed by atoms with E-state index >= 15 is 0 Å².